The Bertz CT molecular complexity index is 985. The maximum atomic E-state index is 5.59. The smallest absolute Gasteiger partial charge is 0.161 e. The van der Waals surface area contributed by atoms with E-state index in [1.54, 1.807) is 14.2 Å². The van der Waals surface area contributed by atoms with Crippen LogP contribution in [0.5, 0.6) is 11.5 Å². The molecule has 3 nitrogen and oxygen atoms in total. The average Bonchev–Trinajstić information content (AvgIpc) is 3.13. The van der Waals surface area contributed by atoms with Gasteiger partial charge in [-0.25, -0.2) is 0 Å². The monoisotopic (exact) mass is 369 g/mol. The van der Waals surface area contributed by atoms with Gasteiger partial charge in [0, 0.05) is 11.6 Å². The summed E-state index contributed by atoms with van der Waals surface area (Å²) in [5, 5.41) is 3.78. The van der Waals surface area contributed by atoms with E-state index in [0.29, 0.717) is 0 Å². The lowest BCUT2D eigenvalue weighted by molar-refractivity contribution is 0.355. The minimum absolute atomic E-state index is 0. The Morgan fingerprint density at radius 1 is 0.885 bits per heavy atom. The van der Waals surface area contributed by atoms with Crippen molar-refractivity contribution in [2.24, 2.45) is 11.8 Å². The second kappa shape index (κ2) is 6.62. The van der Waals surface area contributed by atoms with Crippen molar-refractivity contribution in [3.63, 3.8) is 0 Å². The summed E-state index contributed by atoms with van der Waals surface area (Å²) >= 11 is 0. The molecule has 2 aliphatic carbocycles. The van der Waals surface area contributed by atoms with E-state index in [4.69, 9.17) is 14.5 Å². The van der Waals surface area contributed by atoms with E-state index in [-0.39, 0.29) is 12.4 Å². The Hall–Kier alpha value is -2.00. The molecule has 1 heterocycles. The van der Waals surface area contributed by atoms with Crippen molar-refractivity contribution in [3.05, 3.63) is 41.6 Å². The molecule has 136 valence electrons. The van der Waals surface area contributed by atoms with E-state index in [1.165, 1.54) is 64.9 Å². The van der Waals surface area contributed by atoms with Crippen molar-refractivity contribution in [1.29, 1.82) is 0 Å². The predicted octanol–water partition coefficient (Wildman–Crippen LogP) is 5.34. The second-order valence-electron chi connectivity index (χ2n) is 7.47. The van der Waals surface area contributed by atoms with Crippen LogP contribution in [-0.4, -0.2) is 19.2 Å². The zero-order chi connectivity index (χ0) is 17.0. The van der Waals surface area contributed by atoms with Crippen LogP contribution < -0.4 is 9.47 Å². The van der Waals surface area contributed by atoms with Gasteiger partial charge in [0.15, 0.2) is 11.5 Å². The number of ether oxygens (including phenoxy) is 2. The highest BCUT2D eigenvalue weighted by atomic mass is 35.5. The van der Waals surface area contributed by atoms with Crippen LogP contribution in [0, 0.1) is 11.8 Å². The van der Waals surface area contributed by atoms with E-state index in [2.05, 4.69) is 18.2 Å². The summed E-state index contributed by atoms with van der Waals surface area (Å²) in [4.78, 5) is 4.78. The number of aromatic nitrogens is 1. The number of fused-ring (bicyclic) bond motifs is 7. The molecular formula is C22H24ClNO2. The second-order valence-corrected chi connectivity index (χ2v) is 7.47. The molecule has 0 radical (unpaired) electrons. The van der Waals surface area contributed by atoms with Gasteiger partial charge >= 0.3 is 0 Å². The maximum Gasteiger partial charge on any atom is 0.161 e. The Morgan fingerprint density at radius 3 is 2.23 bits per heavy atom. The number of pyridine rings is 1. The largest absolute Gasteiger partial charge is 0.493 e. The molecule has 1 fully saturated rings. The van der Waals surface area contributed by atoms with Gasteiger partial charge in [-0.1, -0.05) is 12.5 Å². The van der Waals surface area contributed by atoms with Crippen molar-refractivity contribution in [2.45, 2.75) is 32.1 Å². The Balaban J connectivity index is 0.00000168. The summed E-state index contributed by atoms with van der Waals surface area (Å²) in [5.74, 6) is 3.28. The third-order valence-electron chi connectivity index (χ3n) is 6.35. The molecule has 2 atom stereocenters. The first-order valence-corrected chi connectivity index (χ1v) is 9.24. The van der Waals surface area contributed by atoms with Crippen LogP contribution in [0.4, 0.5) is 0 Å². The summed E-state index contributed by atoms with van der Waals surface area (Å²) in [7, 11) is 3.41. The Kier molecular flexibility index (Phi) is 4.44. The highest BCUT2D eigenvalue weighted by Gasteiger charge is 2.34. The number of hydrogen-bond donors (Lipinski definition) is 0. The van der Waals surface area contributed by atoms with Gasteiger partial charge in [0.1, 0.15) is 0 Å². The zero-order valence-corrected chi connectivity index (χ0v) is 16.1. The molecule has 2 aromatic carbocycles. The van der Waals surface area contributed by atoms with Crippen molar-refractivity contribution in [2.75, 3.05) is 14.2 Å². The third kappa shape index (κ3) is 2.44. The van der Waals surface area contributed by atoms with Gasteiger partial charge in [0.25, 0.3) is 0 Å². The fourth-order valence-corrected chi connectivity index (χ4v) is 5.15. The molecule has 0 bridgehead atoms. The quantitative estimate of drug-likeness (QED) is 0.571. The fraction of sp³-hybridized carbons (Fsp3) is 0.409. The molecule has 4 heteroatoms. The molecular weight excluding hydrogens is 346 g/mol. The SMILES string of the molecule is COc1cc2c3c(c4ncccc4c2cc1OC)CC1CCCC1C3.Cl. The topological polar surface area (TPSA) is 31.4 Å². The van der Waals surface area contributed by atoms with Gasteiger partial charge in [-0.3, -0.25) is 4.98 Å². The maximum absolute atomic E-state index is 5.59. The van der Waals surface area contributed by atoms with Gasteiger partial charge < -0.3 is 9.47 Å². The zero-order valence-electron chi connectivity index (χ0n) is 15.2. The first kappa shape index (κ1) is 17.4. The highest BCUT2D eigenvalue weighted by Crippen LogP contribution is 2.47. The van der Waals surface area contributed by atoms with E-state index in [9.17, 15) is 0 Å². The molecule has 2 aliphatic rings. The number of rotatable bonds is 2. The van der Waals surface area contributed by atoms with Gasteiger partial charge in [-0.15, -0.1) is 12.4 Å². The summed E-state index contributed by atoms with van der Waals surface area (Å²) in [6.45, 7) is 0. The van der Waals surface area contributed by atoms with E-state index < -0.39 is 0 Å². The van der Waals surface area contributed by atoms with E-state index in [0.717, 1.165) is 23.3 Å². The Labute approximate surface area is 160 Å². The molecule has 1 saturated carbocycles. The van der Waals surface area contributed by atoms with E-state index in [1.807, 2.05) is 12.3 Å². The first-order chi connectivity index (χ1) is 12.3. The molecule has 2 unspecified atom stereocenters. The van der Waals surface area contributed by atoms with Gasteiger partial charge in [0.2, 0.25) is 0 Å². The van der Waals surface area contributed by atoms with Crippen LogP contribution in [0.2, 0.25) is 0 Å². The van der Waals surface area contributed by atoms with Crippen molar-refractivity contribution >= 4 is 34.1 Å². The van der Waals surface area contributed by atoms with Gasteiger partial charge in [-0.2, -0.15) is 0 Å². The van der Waals surface area contributed by atoms with E-state index >= 15 is 0 Å². The lowest BCUT2D eigenvalue weighted by atomic mass is 9.75. The van der Waals surface area contributed by atoms with Crippen molar-refractivity contribution < 1.29 is 9.47 Å². The van der Waals surface area contributed by atoms with Crippen molar-refractivity contribution in [3.8, 4) is 11.5 Å². The fourth-order valence-electron chi connectivity index (χ4n) is 5.15. The van der Waals surface area contributed by atoms with Gasteiger partial charge in [0.05, 0.1) is 19.7 Å². The van der Waals surface area contributed by atoms with Crippen molar-refractivity contribution in [1.82, 2.24) is 4.98 Å². The molecule has 3 aromatic rings. The molecule has 0 saturated heterocycles. The predicted molar refractivity (Wildman–Crippen MR) is 108 cm³/mol. The summed E-state index contributed by atoms with van der Waals surface area (Å²) in [5.41, 5.74) is 4.14. The Morgan fingerprint density at radius 2 is 1.54 bits per heavy atom. The standard InChI is InChI=1S/C22H23NO2.ClH/c1-24-20-11-17-15-7-4-8-23-22(15)19-10-14-6-3-5-13(14)9-16(19)18(17)12-21(20)25-2;/h4,7-8,11-14H,3,5-6,9-10H2,1-2H3;1H. The van der Waals surface area contributed by atoms with Crippen LogP contribution in [0.15, 0.2) is 30.5 Å². The number of hydrogen-bond acceptors (Lipinski definition) is 3. The molecule has 1 aromatic heterocycles. The summed E-state index contributed by atoms with van der Waals surface area (Å²) in [6.07, 6.45) is 8.41. The lowest BCUT2D eigenvalue weighted by Crippen LogP contribution is -2.21. The number of methoxy groups -OCH3 is 2. The molecule has 0 spiro atoms. The minimum Gasteiger partial charge on any atom is -0.493 e. The van der Waals surface area contributed by atoms with Gasteiger partial charge in [-0.05, 0) is 77.6 Å². The summed E-state index contributed by atoms with van der Waals surface area (Å²) < 4.78 is 11.2. The van der Waals surface area contributed by atoms with Crippen LogP contribution in [0.3, 0.4) is 0 Å². The molecule has 26 heavy (non-hydrogen) atoms. The molecule has 0 N–H and O–H groups in total. The number of halogens is 1. The number of benzene rings is 2. The average molecular weight is 370 g/mol. The lowest BCUT2D eigenvalue weighted by Gasteiger charge is -2.30. The third-order valence-corrected chi connectivity index (χ3v) is 6.35. The van der Waals surface area contributed by atoms with Crippen LogP contribution in [0.25, 0.3) is 21.7 Å². The van der Waals surface area contributed by atoms with Crippen LogP contribution >= 0.6 is 12.4 Å². The normalized spacial score (nSPS) is 21.2. The molecule has 5 rings (SSSR count). The summed E-state index contributed by atoms with van der Waals surface area (Å²) in [6, 6.07) is 8.53. The van der Waals surface area contributed by atoms with Crippen LogP contribution in [0.1, 0.15) is 30.4 Å². The first-order valence-electron chi connectivity index (χ1n) is 9.24. The molecule has 0 aliphatic heterocycles. The number of nitrogens with zero attached hydrogens (tertiary/aromatic N) is 1. The van der Waals surface area contributed by atoms with Crippen LogP contribution in [-0.2, 0) is 12.8 Å². The highest BCUT2D eigenvalue weighted by molar-refractivity contribution is 6.10. The minimum atomic E-state index is 0. The molecule has 0 amide bonds.